The van der Waals surface area contributed by atoms with Crippen LogP contribution in [0.25, 0.3) is 0 Å². The second-order valence-electron chi connectivity index (χ2n) is 5.98. The van der Waals surface area contributed by atoms with E-state index in [9.17, 15) is 19.1 Å². The van der Waals surface area contributed by atoms with Crippen LogP contribution in [0.4, 0.5) is 4.39 Å². The Bertz CT molecular complexity index is 1120. The number of nitrogens with zero attached hydrogens (tertiary/aromatic N) is 5. The van der Waals surface area contributed by atoms with E-state index in [-0.39, 0.29) is 22.8 Å². The van der Waals surface area contributed by atoms with E-state index in [1.165, 1.54) is 26.3 Å². The number of halogens is 2. The molecule has 2 aromatic heterocycles. The SMILES string of the molecule is CCc1nn(Cc2cc(F)cc(C(=O)c3c(Cl)nn(C)c3O)c2)c(=O)n1OC. The maximum Gasteiger partial charge on any atom is 0.379 e. The van der Waals surface area contributed by atoms with Crippen molar-refractivity contribution in [2.45, 2.75) is 19.9 Å². The fourth-order valence-electron chi connectivity index (χ4n) is 2.81. The lowest BCUT2D eigenvalue weighted by Crippen LogP contribution is -2.29. The summed E-state index contributed by atoms with van der Waals surface area (Å²) in [6.45, 7) is 1.73. The maximum atomic E-state index is 14.1. The van der Waals surface area contributed by atoms with Gasteiger partial charge >= 0.3 is 5.69 Å². The van der Waals surface area contributed by atoms with Gasteiger partial charge in [0.25, 0.3) is 0 Å². The van der Waals surface area contributed by atoms with Crippen molar-refractivity contribution in [2.75, 3.05) is 7.11 Å². The molecule has 9 nitrogen and oxygen atoms in total. The monoisotopic (exact) mass is 409 g/mol. The topological polar surface area (TPSA) is 104 Å². The zero-order chi connectivity index (χ0) is 20.6. The number of hydrogen-bond donors (Lipinski definition) is 1. The first-order chi connectivity index (χ1) is 13.3. The molecular weight excluding hydrogens is 393 g/mol. The van der Waals surface area contributed by atoms with Crippen molar-refractivity contribution in [3.05, 3.63) is 62.2 Å². The van der Waals surface area contributed by atoms with Crippen LogP contribution in [0, 0.1) is 5.82 Å². The molecule has 0 fully saturated rings. The molecule has 0 saturated heterocycles. The standard InChI is InChI=1S/C17H17ClFN5O4/c1-4-12-20-23(17(27)24(12)28-3)8-9-5-10(7-11(19)6-9)14(25)13-15(18)21-22(2)16(13)26/h5-7,26H,4,8H2,1-3H3. The molecule has 0 unspecified atom stereocenters. The van der Waals surface area contributed by atoms with Crippen LogP contribution in [0.5, 0.6) is 5.88 Å². The lowest BCUT2D eigenvalue weighted by Gasteiger charge is -2.06. The van der Waals surface area contributed by atoms with Gasteiger partial charge in [0.1, 0.15) is 18.5 Å². The smallest absolute Gasteiger partial charge is 0.379 e. The second-order valence-corrected chi connectivity index (χ2v) is 6.34. The molecule has 3 rings (SSSR count). The summed E-state index contributed by atoms with van der Waals surface area (Å²) >= 11 is 5.90. The molecule has 0 saturated carbocycles. The molecule has 0 atom stereocenters. The summed E-state index contributed by atoms with van der Waals surface area (Å²) in [4.78, 5) is 30.0. The van der Waals surface area contributed by atoms with Crippen LogP contribution in [0.15, 0.2) is 23.0 Å². The first kappa shape index (κ1) is 19.6. The van der Waals surface area contributed by atoms with E-state index in [2.05, 4.69) is 10.2 Å². The molecule has 1 aromatic carbocycles. The van der Waals surface area contributed by atoms with Gasteiger partial charge in [-0.05, 0) is 23.8 Å². The zero-order valence-electron chi connectivity index (χ0n) is 15.3. The van der Waals surface area contributed by atoms with Gasteiger partial charge in [-0.25, -0.2) is 18.5 Å². The van der Waals surface area contributed by atoms with Crippen molar-refractivity contribution in [3.63, 3.8) is 0 Å². The molecule has 148 valence electrons. The molecular formula is C17H17ClFN5O4. The van der Waals surface area contributed by atoms with Gasteiger partial charge in [0.05, 0.1) is 6.54 Å². The first-order valence-corrected chi connectivity index (χ1v) is 8.63. The minimum Gasteiger partial charge on any atom is -0.493 e. The summed E-state index contributed by atoms with van der Waals surface area (Å²) < 4.78 is 17.3. The van der Waals surface area contributed by atoms with Crippen LogP contribution in [0.2, 0.25) is 5.15 Å². The Labute approximate surface area is 163 Å². The number of aryl methyl sites for hydroxylation is 2. The maximum absolute atomic E-state index is 14.1. The number of ketones is 1. The number of rotatable bonds is 6. The van der Waals surface area contributed by atoms with Crippen molar-refractivity contribution in [1.82, 2.24) is 24.3 Å². The van der Waals surface area contributed by atoms with Gasteiger partial charge in [-0.3, -0.25) is 4.79 Å². The van der Waals surface area contributed by atoms with Gasteiger partial charge in [-0.15, -0.1) is 4.73 Å². The van der Waals surface area contributed by atoms with E-state index in [4.69, 9.17) is 16.4 Å². The quantitative estimate of drug-likeness (QED) is 0.613. The summed E-state index contributed by atoms with van der Waals surface area (Å²) in [5.41, 5.74) is -0.470. The van der Waals surface area contributed by atoms with E-state index < -0.39 is 23.2 Å². The number of benzene rings is 1. The fourth-order valence-corrected chi connectivity index (χ4v) is 3.09. The Morgan fingerprint density at radius 2 is 2.04 bits per heavy atom. The van der Waals surface area contributed by atoms with Crippen molar-refractivity contribution >= 4 is 17.4 Å². The number of carbonyl (C=O) groups is 1. The highest BCUT2D eigenvalue weighted by Gasteiger charge is 2.24. The van der Waals surface area contributed by atoms with Crippen LogP contribution >= 0.6 is 11.6 Å². The summed E-state index contributed by atoms with van der Waals surface area (Å²) in [7, 11) is 2.76. The van der Waals surface area contributed by atoms with Crippen LogP contribution in [0.3, 0.4) is 0 Å². The van der Waals surface area contributed by atoms with Crippen LogP contribution < -0.4 is 10.5 Å². The highest BCUT2D eigenvalue weighted by atomic mass is 35.5. The van der Waals surface area contributed by atoms with Gasteiger partial charge in [0.15, 0.2) is 11.0 Å². The van der Waals surface area contributed by atoms with Crippen molar-refractivity contribution in [3.8, 4) is 5.88 Å². The van der Waals surface area contributed by atoms with Crippen molar-refractivity contribution < 1.29 is 19.1 Å². The normalized spacial score (nSPS) is 11.0. The molecule has 1 N–H and O–H groups in total. The summed E-state index contributed by atoms with van der Waals surface area (Å²) in [5, 5.41) is 17.7. The van der Waals surface area contributed by atoms with Gasteiger partial charge in [-0.1, -0.05) is 18.5 Å². The number of carbonyl (C=O) groups excluding carboxylic acids is 1. The Kier molecular flexibility index (Phi) is 5.23. The predicted molar refractivity (Wildman–Crippen MR) is 97.2 cm³/mol. The minimum absolute atomic E-state index is 0.0462. The Morgan fingerprint density at radius 1 is 1.32 bits per heavy atom. The molecule has 28 heavy (non-hydrogen) atoms. The van der Waals surface area contributed by atoms with Crippen molar-refractivity contribution in [2.24, 2.45) is 7.05 Å². The van der Waals surface area contributed by atoms with Crippen molar-refractivity contribution in [1.29, 1.82) is 0 Å². The fraction of sp³-hybridized carbons (Fsp3) is 0.294. The summed E-state index contributed by atoms with van der Waals surface area (Å²) in [6.07, 6.45) is 0.460. The summed E-state index contributed by atoms with van der Waals surface area (Å²) in [6, 6.07) is 3.60. The van der Waals surface area contributed by atoms with E-state index in [0.29, 0.717) is 17.8 Å². The van der Waals surface area contributed by atoms with Crippen LogP contribution in [0.1, 0.15) is 34.2 Å². The van der Waals surface area contributed by atoms with E-state index >= 15 is 0 Å². The molecule has 0 aliphatic carbocycles. The Hall–Kier alpha value is -3.14. The third-order valence-corrected chi connectivity index (χ3v) is 4.38. The molecule has 2 heterocycles. The molecule has 0 aliphatic rings. The number of hydrogen-bond acceptors (Lipinski definition) is 6. The molecule has 0 spiro atoms. The molecule has 3 aromatic rings. The molecule has 0 amide bonds. The first-order valence-electron chi connectivity index (χ1n) is 8.25. The Morgan fingerprint density at radius 3 is 2.57 bits per heavy atom. The third kappa shape index (κ3) is 3.38. The average Bonchev–Trinajstić information content (AvgIpc) is 3.09. The van der Waals surface area contributed by atoms with Gasteiger partial charge in [0, 0.05) is 19.0 Å². The zero-order valence-corrected chi connectivity index (χ0v) is 16.1. The molecule has 11 heteroatoms. The largest absolute Gasteiger partial charge is 0.493 e. The van der Waals surface area contributed by atoms with Gasteiger partial charge in [0.2, 0.25) is 11.7 Å². The minimum atomic E-state index is -0.694. The average molecular weight is 410 g/mol. The van der Waals surface area contributed by atoms with Crippen LogP contribution in [-0.4, -0.2) is 42.3 Å². The molecule has 0 aliphatic heterocycles. The lowest BCUT2D eigenvalue weighted by atomic mass is 10.0. The van der Waals surface area contributed by atoms with Gasteiger partial charge in [-0.2, -0.15) is 10.2 Å². The second kappa shape index (κ2) is 7.47. The number of aromatic nitrogens is 5. The van der Waals surface area contributed by atoms with Gasteiger partial charge < -0.3 is 9.94 Å². The van der Waals surface area contributed by atoms with E-state index in [1.807, 2.05) is 6.92 Å². The molecule has 0 bridgehead atoms. The van der Waals surface area contributed by atoms with E-state index in [1.54, 1.807) is 0 Å². The highest BCUT2D eigenvalue weighted by molar-refractivity contribution is 6.34. The highest BCUT2D eigenvalue weighted by Crippen LogP contribution is 2.27. The third-order valence-electron chi connectivity index (χ3n) is 4.12. The number of aromatic hydroxyl groups is 1. The predicted octanol–water partition coefficient (Wildman–Crippen LogP) is 1.18. The Balaban J connectivity index is 2.00. The van der Waals surface area contributed by atoms with Crippen LogP contribution in [-0.2, 0) is 20.0 Å². The molecule has 0 radical (unpaired) electrons. The van der Waals surface area contributed by atoms with E-state index in [0.717, 1.165) is 20.2 Å². The summed E-state index contributed by atoms with van der Waals surface area (Å²) in [5.74, 6) is -1.40. The lowest BCUT2D eigenvalue weighted by molar-refractivity contribution is 0.103.